The molecule has 9 rings (SSSR count). The number of anilines is 2. The predicted octanol–water partition coefficient (Wildman–Crippen LogP) is 13.0. The molecule has 7 aromatic rings. The molecule has 242 valence electrons. The molecule has 0 aromatic heterocycles. The van der Waals surface area contributed by atoms with Gasteiger partial charge in [-0.1, -0.05) is 176 Å². The van der Waals surface area contributed by atoms with E-state index in [0.717, 1.165) is 28.2 Å². The Morgan fingerprint density at radius 1 is 0.510 bits per heavy atom. The quantitative estimate of drug-likeness (QED) is 0.155. The molecule has 1 spiro atoms. The molecule has 0 atom stereocenters. The van der Waals surface area contributed by atoms with Crippen LogP contribution in [0.2, 0.25) is 0 Å². The Morgan fingerprint density at radius 3 is 1.65 bits per heavy atom. The van der Waals surface area contributed by atoms with Crippen LogP contribution in [-0.4, -0.2) is 0 Å². The monoisotopic (exact) mass is 651 g/mol. The Labute approximate surface area is 300 Å². The molecule has 0 amide bonds. The molecule has 2 aliphatic carbocycles. The summed E-state index contributed by atoms with van der Waals surface area (Å²) >= 11 is 0. The molecular weight excluding hydrogens is 615 g/mol. The maximum Gasteiger partial charge on any atom is 0.0726 e. The molecule has 0 N–H and O–H groups in total. The standard InChI is InChI=1S/C50H37N/c1-3-17-39(37-20-8-5-9-21-37)34-35(2)51(40-32-30-38(31-33-40)36-18-6-4-7-19-36)48-29-16-28-47-49(48)43-24-12-15-27-46(43)50(47)44-25-13-10-22-41(44)42-23-11-14-26-45(42)50/h3-34H,1H2,2H3/b35-34+,39-17+. The van der Waals surface area contributed by atoms with E-state index in [1.165, 1.54) is 55.6 Å². The van der Waals surface area contributed by atoms with Crippen molar-refractivity contribution < 1.29 is 0 Å². The summed E-state index contributed by atoms with van der Waals surface area (Å²) in [5.74, 6) is 0. The fourth-order valence-electron chi connectivity index (χ4n) is 8.55. The highest BCUT2D eigenvalue weighted by Crippen LogP contribution is 2.64. The Balaban J connectivity index is 1.31. The van der Waals surface area contributed by atoms with Crippen molar-refractivity contribution in [2.45, 2.75) is 12.3 Å². The fourth-order valence-corrected chi connectivity index (χ4v) is 8.55. The molecule has 2 aliphatic rings. The van der Waals surface area contributed by atoms with Crippen molar-refractivity contribution in [3.63, 3.8) is 0 Å². The van der Waals surface area contributed by atoms with E-state index in [0.29, 0.717) is 0 Å². The zero-order valence-electron chi connectivity index (χ0n) is 28.6. The van der Waals surface area contributed by atoms with Crippen LogP contribution < -0.4 is 4.90 Å². The molecule has 0 saturated carbocycles. The van der Waals surface area contributed by atoms with E-state index < -0.39 is 5.41 Å². The number of fused-ring (bicyclic) bond motifs is 10. The number of rotatable bonds is 7. The van der Waals surface area contributed by atoms with Crippen molar-refractivity contribution in [1.82, 2.24) is 0 Å². The molecule has 0 heterocycles. The molecule has 0 radical (unpaired) electrons. The van der Waals surface area contributed by atoms with Crippen LogP contribution in [0.5, 0.6) is 0 Å². The largest absolute Gasteiger partial charge is 0.314 e. The lowest BCUT2D eigenvalue weighted by Gasteiger charge is -2.32. The van der Waals surface area contributed by atoms with Crippen LogP contribution in [0, 0.1) is 0 Å². The third kappa shape index (κ3) is 4.77. The fraction of sp³-hybridized carbons (Fsp3) is 0.0400. The van der Waals surface area contributed by atoms with Gasteiger partial charge in [0.1, 0.15) is 0 Å². The molecule has 1 nitrogen and oxygen atoms in total. The van der Waals surface area contributed by atoms with E-state index >= 15 is 0 Å². The van der Waals surface area contributed by atoms with Gasteiger partial charge in [0.15, 0.2) is 0 Å². The van der Waals surface area contributed by atoms with E-state index in [1.807, 2.05) is 6.08 Å². The first-order valence-corrected chi connectivity index (χ1v) is 17.6. The van der Waals surface area contributed by atoms with Gasteiger partial charge in [0, 0.05) is 16.9 Å². The topological polar surface area (TPSA) is 3.24 Å². The zero-order chi connectivity index (χ0) is 34.4. The lowest BCUT2D eigenvalue weighted by Crippen LogP contribution is -2.26. The summed E-state index contributed by atoms with van der Waals surface area (Å²) in [6.07, 6.45) is 6.26. The lowest BCUT2D eigenvalue weighted by molar-refractivity contribution is 0.793. The van der Waals surface area contributed by atoms with Gasteiger partial charge in [-0.2, -0.15) is 0 Å². The minimum absolute atomic E-state index is 0.409. The van der Waals surface area contributed by atoms with Gasteiger partial charge in [-0.05, 0) is 92.4 Å². The van der Waals surface area contributed by atoms with Crippen LogP contribution in [0.1, 0.15) is 34.7 Å². The SMILES string of the molecule is C=C/C=C(\C=C(/C)N(c1ccc(-c2ccccc2)cc1)c1cccc2c1-c1ccccc1C21c2ccccc2-c2ccccc21)c1ccccc1. The number of benzene rings is 7. The molecule has 0 unspecified atom stereocenters. The summed E-state index contributed by atoms with van der Waals surface area (Å²) in [7, 11) is 0. The molecule has 0 aliphatic heterocycles. The normalized spacial score (nSPS) is 13.7. The second-order valence-electron chi connectivity index (χ2n) is 13.3. The molecular formula is C50H37N. The summed E-state index contributed by atoms with van der Waals surface area (Å²) in [4.78, 5) is 2.44. The van der Waals surface area contributed by atoms with Gasteiger partial charge in [0.05, 0.1) is 11.1 Å². The van der Waals surface area contributed by atoms with Crippen molar-refractivity contribution in [3.05, 3.63) is 234 Å². The van der Waals surface area contributed by atoms with Crippen LogP contribution in [0.15, 0.2) is 206 Å². The molecule has 1 heteroatoms. The highest BCUT2D eigenvalue weighted by atomic mass is 15.1. The van der Waals surface area contributed by atoms with E-state index in [2.05, 4.69) is 206 Å². The summed E-state index contributed by atoms with van der Waals surface area (Å²) < 4.78 is 0. The smallest absolute Gasteiger partial charge is 0.0726 e. The van der Waals surface area contributed by atoms with Crippen LogP contribution in [0.25, 0.3) is 39.0 Å². The van der Waals surface area contributed by atoms with Crippen LogP contribution in [-0.2, 0) is 5.41 Å². The molecule has 0 fully saturated rings. The summed E-state index contributed by atoms with van der Waals surface area (Å²) in [5.41, 5.74) is 18.1. The predicted molar refractivity (Wildman–Crippen MR) is 215 cm³/mol. The maximum atomic E-state index is 4.06. The lowest BCUT2D eigenvalue weighted by atomic mass is 9.70. The van der Waals surface area contributed by atoms with Crippen molar-refractivity contribution in [2.24, 2.45) is 0 Å². The maximum absolute atomic E-state index is 4.06. The Hall–Kier alpha value is -6.44. The van der Waals surface area contributed by atoms with Gasteiger partial charge in [0.2, 0.25) is 0 Å². The highest BCUT2D eigenvalue weighted by molar-refractivity contribution is 6.00. The van der Waals surface area contributed by atoms with Gasteiger partial charge >= 0.3 is 0 Å². The summed E-state index contributed by atoms with van der Waals surface area (Å²) in [5, 5.41) is 0. The minimum Gasteiger partial charge on any atom is -0.314 e. The van der Waals surface area contributed by atoms with E-state index in [9.17, 15) is 0 Å². The Morgan fingerprint density at radius 2 is 1.02 bits per heavy atom. The first-order chi connectivity index (χ1) is 25.2. The van der Waals surface area contributed by atoms with Gasteiger partial charge in [-0.3, -0.25) is 0 Å². The summed E-state index contributed by atoms with van der Waals surface area (Å²) in [6, 6.07) is 64.1. The van der Waals surface area contributed by atoms with Gasteiger partial charge in [-0.15, -0.1) is 0 Å². The first-order valence-electron chi connectivity index (χ1n) is 17.6. The second kappa shape index (κ2) is 12.5. The zero-order valence-corrected chi connectivity index (χ0v) is 28.6. The third-order valence-corrected chi connectivity index (χ3v) is 10.6. The van der Waals surface area contributed by atoms with Gasteiger partial charge in [-0.25, -0.2) is 0 Å². The third-order valence-electron chi connectivity index (χ3n) is 10.6. The van der Waals surface area contributed by atoms with E-state index in [1.54, 1.807) is 0 Å². The van der Waals surface area contributed by atoms with Crippen LogP contribution in [0.3, 0.4) is 0 Å². The minimum atomic E-state index is -0.409. The average Bonchev–Trinajstić information content (AvgIpc) is 3.67. The highest BCUT2D eigenvalue weighted by Gasteiger charge is 2.52. The Bertz CT molecular complexity index is 2440. The summed E-state index contributed by atoms with van der Waals surface area (Å²) in [6.45, 7) is 6.29. The molecule has 7 aromatic carbocycles. The van der Waals surface area contributed by atoms with Crippen molar-refractivity contribution in [1.29, 1.82) is 0 Å². The number of allylic oxidation sites excluding steroid dienone is 5. The molecule has 51 heavy (non-hydrogen) atoms. The van der Waals surface area contributed by atoms with Crippen molar-refractivity contribution >= 4 is 16.9 Å². The van der Waals surface area contributed by atoms with Crippen molar-refractivity contribution in [2.75, 3.05) is 4.90 Å². The van der Waals surface area contributed by atoms with Gasteiger partial charge < -0.3 is 4.90 Å². The number of hydrogen-bond acceptors (Lipinski definition) is 1. The number of hydrogen-bond donors (Lipinski definition) is 0. The second-order valence-corrected chi connectivity index (χ2v) is 13.3. The van der Waals surface area contributed by atoms with E-state index in [-0.39, 0.29) is 0 Å². The molecule has 0 bridgehead atoms. The first kappa shape index (κ1) is 30.6. The van der Waals surface area contributed by atoms with Crippen LogP contribution in [0.4, 0.5) is 11.4 Å². The number of nitrogens with zero attached hydrogens (tertiary/aromatic N) is 1. The average molecular weight is 652 g/mol. The van der Waals surface area contributed by atoms with Gasteiger partial charge in [0.25, 0.3) is 0 Å². The Kier molecular flexibility index (Phi) is 7.48. The van der Waals surface area contributed by atoms with E-state index in [4.69, 9.17) is 0 Å². The van der Waals surface area contributed by atoms with Crippen molar-refractivity contribution in [3.8, 4) is 33.4 Å². The van der Waals surface area contributed by atoms with Crippen LogP contribution >= 0.6 is 0 Å². The molecule has 0 saturated heterocycles.